The number of hydrogen-bond acceptors (Lipinski definition) is 2. The third-order valence-electron chi connectivity index (χ3n) is 2.55. The highest BCUT2D eigenvalue weighted by molar-refractivity contribution is 9.10. The Bertz CT molecular complexity index is 517. The van der Waals surface area contributed by atoms with Crippen molar-refractivity contribution in [3.8, 4) is 5.69 Å². The summed E-state index contributed by atoms with van der Waals surface area (Å²) in [5.74, 6) is 0. The molecular weight excluding hydrogens is 302 g/mol. The van der Waals surface area contributed by atoms with Crippen LogP contribution in [0.4, 0.5) is 0 Å². The Labute approximate surface area is 114 Å². The number of halogens is 2. The van der Waals surface area contributed by atoms with Crippen LogP contribution < -0.4 is 5.73 Å². The number of rotatable bonds is 3. The van der Waals surface area contributed by atoms with Gasteiger partial charge in [-0.05, 0) is 37.6 Å². The topological polar surface area (TPSA) is 43.8 Å². The van der Waals surface area contributed by atoms with Gasteiger partial charge in [0, 0.05) is 10.7 Å². The molecule has 2 N–H and O–H groups in total. The number of aromatic nitrogens is 2. The first-order valence-electron chi connectivity index (χ1n) is 5.32. The summed E-state index contributed by atoms with van der Waals surface area (Å²) >= 11 is 9.53. The minimum atomic E-state index is 0.644. The lowest BCUT2D eigenvalue weighted by Gasteiger charge is -2.06. The van der Waals surface area contributed by atoms with Gasteiger partial charge in [0.25, 0.3) is 0 Å². The average molecular weight is 315 g/mol. The van der Waals surface area contributed by atoms with Crippen molar-refractivity contribution in [3.05, 3.63) is 45.1 Å². The Morgan fingerprint density at radius 2 is 2.24 bits per heavy atom. The average Bonchev–Trinajstić information content (AvgIpc) is 2.62. The molecule has 0 fully saturated rings. The fourth-order valence-electron chi connectivity index (χ4n) is 1.61. The highest BCUT2D eigenvalue weighted by atomic mass is 79.9. The highest BCUT2D eigenvalue weighted by Crippen LogP contribution is 2.22. The molecule has 0 aliphatic heterocycles. The first-order valence-corrected chi connectivity index (χ1v) is 6.49. The maximum Gasteiger partial charge on any atom is 0.0819 e. The Kier molecular flexibility index (Phi) is 3.86. The van der Waals surface area contributed by atoms with E-state index >= 15 is 0 Å². The van der Waals surface area contributed by atoms with Crippen molar-refractivity contribution in [2.75, 3.05) is 6.54 Å². The first-order chi connectivity index (χ1) is 8.11. The van der Waals surface area contributed by atoms with E-state index in [0.717, 1.165) is 22.3 Å². The molecule has 0 amide bonds. The summed E-state index contributed by atoms with van der Waals surface area (Å²) < 4.78 is 2.82. The maximum absolute atomic E-state index is 5.99. The van der Waals surface area contributed by atoms with Crippen molar-refractivity contribution in [1.82, 2.24) is 9.78 Å². The molecule has 0 aliphatic carbocycles. The molecule has 3 nitrogen and oxygen atoms in total. The summed E-state index contributed by atoms with van der Waals surface area (Å²) in [6, 6.07) is 6.09. The Hall–Kier alpha value is -0.840. The van der Waals surface area contributed by atoms with Crippen LogP contribution in [-0.2, 0) is 6.42 Å². The van der Waals surface area contributed by atoms with E-state index in [1.807, 2.05) is 19.1 Å². The molecule has 1 aromatic heterocycles. The molecule has 1 heterocycles. The van der Waals surface area contributed by atoms with Crippen LogP contribution in [0.3, 0.4) is 0 Å². The van der Waals surface area contributed by atoms with E-state index in [4.69, 9.17) is 17.3 Å². The number of benzene rings is 1. The van der Waals surface area contributed by atoms with Gasteiger partial charge in [-0.3, -0.25) is 0 Å². The van der Waals surface area contributed by atoms with Crippen molar-refractivity contribution < 1.29 is 0 Å². The van der Waals surface area contributed by atoms with Gasteiger partial charge < -0.3 is 5.73 Å². The zero-order valence-electron chi connectivity index (χ0n) is 9.45. The van der Waals surface area contributed by atoms with Gasteiger partial charge in [-0.2, -0.15) is 5.10 Å². The van der Waals surface area contributed by atoms with Crippen LogP contribution in [0.2, 0.25) is 5.02 Å². The Morgan fingerprint density at radius 3 is 2.76 bits per heavy atom. The Morgan fingerprint density at radius 1 is 1.47 bits per heavy atom. The van der Waals surface area contributed by atoms with E-state index in [1.165, 1.54) is 5.56 Å². The van der Waals surface area contributed by atoms with Crippen molar-refractivity contribution in [1.29, 1.82) is 0 Å². The van der Waals surface area contributed by atoms with E-state index in [2.05, 4.69) is 27.1 Å². The predicted octanol–water partition coefficient (Wildman–Crippen LogP) is 3.10. The SMILES string of the molecule is Cc1nn(-c2ccc(CCN)c(Br)c2)cc1Cl. The normalized spacial score (nSPS) is 10.8. The van der Waals surface area contributed by atoms with Gasteiger partial charge in [0.1, 0.15) is 0 Å². The van der Waals surface area contributed by atoms with Gasteiger partial charge in [0.05, 0.1) is 16.4 Å². The van der Waals surface area contributed by atoms with Crippen LogP contribution in [0.15, 0.2) is 28.9 Å². The largest absolute Gasteiger partial charge is 0.330 e. The van der Waals surface area contributed by atoms with Crippen LogP contribution in [0.25, 0.3) is 5.69 Å². The predicted molar refractivity (Wildman–Crippen MR) is 73.8 cm³/mol. The van der Waals surface area contributed by atoms with E-state index in [9.17, 15) is 0 Å². The fourth-order valence-corrected chi connectivity index (χ4v) is 2.30. The van der Waals surface area contributed by atoms with E-state index in [1.54, 1.807) is 10.9 Å². The zero-order valence-corrected chi connectivity index (χ0v) is 11.8. The zero-order chi connectivity index (χ0) is 12.4. The number of aryl methyl sites for hydroxylation is 1. The van der Waals surface area contributed by atoms with Gasteiger partial charge >= 0.3 is 0 Å². The molecule has 0 aliphatic rings. The van der Waals surface area contributed by atoms with Gasteiger partial charge in [-0.1, -0.05) is 33.6 Å². The summed E-state index contributed by atoms with van der Waals surface area (Å²) in [6.07, 6.45) is 2.67. The molecule has 0 saturated heterocycles. The third kappa shape index (κ3) is 2.70. The molecule has 2 rings (SSSR count). The van der Waals surface area contributed by atoms with Gasteiger partial charge in [0.2, 0.25) is 0 Å². The molecule has 1 aromatic carbocycles. The number of nitrogens with two attached hydrogens (primary N) is 1. The van der Waals surface area contributed by atoms with Crippen LogP contribution >= 0.6 is 27.5 Å². The molecule has 90 valence electrons. The third-order valence-corrected chi connectivity index (χ3v) is 3.66. The summed E-state index contributed by atoms with van der Waals surface area (Å²) in [5.41, 5.74) is 8.55. The second kappa shape index (κ2) is 5.21. The highest BCUT2D eigenvalue weighted by Gasteiger charge is 2.06. The van der Waals surface area contributed by atoms with Gasteiger partial charge in [-0.25, -0.2) is 4.68 Å². The van der Waals surface area contributed by atoms with Crippen molar-refractivity contribution >= 4 is 27.5 Å². The summed E-state index contributed by atoms with van der Waals surface area (Å²) in [6.45, 7) is 2.53. The minimum Gasteiger partial charge on any atom is -0.330 e. The molecule has 5 heteroatoms. The molecule has 2 aromatic rings. The van der Waals surface area contributed by atoms with Gasteiger partial charge in [-0.15, -0.1) is 0 Å². The smallest absolute Gasteiger partial charge is 0.0819 e. The van der Waals surface area contributed by atoms with Crippen molar-refractivity contribution in [2.45, 2.75) is 13.3 Å². The van der Waals surface area contributed by atoms with E-state index < -0.39 is 0 Å². The lowest BCUT2D eigenvalue weighted by Crippen LogP contribution is -2.04. The van der Waals surface area contributed by atoms with Crippen LogP contribution in [0.1, 0.15) is 11.3 Å². The van der Waals surface area contributed by atoms with Crippen LogP contribution in [-0.4, -0.2) is 16.3 Å². The summed E-state index contributed by atoms with van der Waals surface area (Å²) in [4.78, 5) is 0. The maximum atomic E-state index is 5.99. The molecule has 0 atom stereocenters. The summed E-state index contributed by atoms with van der Waals surface area (Å²) in [7, 11) is 0. The van der Waals surface area contributed by atoms with Crippen LogP contribution in [0.5, 0.6) is 0 Å². The molecule has 0 bridgehead atoms. The van der Waals surface area contributed by atoms with E-state index in [0.29, 0.717) is 11.6 Å². The quantitative estimate of drug-likeness (QED) is 0.946. The second-order valence-corrected chi connectivity index (χ2v) is 5.08. The molecule has 0 unspecified atom stereocenters. The summed E-state index contributed by atoms with van der Waals surface area (Å²) in [5, 5.41) is 5.01. The first kappa shape index (κ1) is 12.6. The van der Waals surface area contributed by atoms with Crippen molar-refractivity contribution in [3.63, 3.8) is 0 Å². The van der Waals surface area contributed by atoms with Crippen molar-refractivity contribution in [2.24, 2.45) is 5.73 Å². The standard InChI is InChI=1S/C12H13BrClN3/c1-8-12(14)7-17(16-8)10-3-2-9(4-5-15)11(13)6-10/h2-3,6-7H,4-5,15H2,1H3. The Balaban J connectivity index is 2.37. The van der Waals surface area contributed by atoms with E-state index in [-0.39, 0.29) is 0 Å². The molecule has 0 saturated carbocycles. The second-order valence-electron chi connectivity index (χ2n) is 3.82. The van der Waals surface area contributed by atoms with Crippen LogP contribution in [0, 0.1) is 6.92 Å². The minimum absolute atomic E-state index is 0.644. The molecular formula is C12H13BrClN3. The van der Waals surface area contributed by atoms with Gasteiger partial charge in [0.15, 0.2) is 0 Å². The monoisotopic (exact) mass is 313 g/mol. The fraction of sp³-hybridized carbons (Fsp3) is 0.250. The molecule has 0 spiro atoms. The number of hydrogen-bond donors (Lipinski definition) is 1. The lowest BCUT2D eigenvalue weighted by atomic mass is 10.1. The number of nitrogens with zero attached hydrogens (tertiary/aromatic N) is 2. The molecule has 17 heavy (non-hydrogen) atoms. The lowest BCUT2D eigenvalue weighted by molar-refractivity contribution is 0.859. The molecule has 0 radical (unpaired) electrons.